The molecule has 0 aromatic rings. The van der Waals surface area contributed by atoms with Gasteiger partial charge in [0.2, 0.25) is 0 Å². The van der Waals surface area contributed by atoms with Gasteiger partial charge in [-0.05, 0) is 6.92 Å². The second-order valence-electron chi connectivity index (χ2n) is 4.31. The zero-order chi connectivity index (χ0) is 13.5. The lowest BCUT2D eigenvalue weighted by Gasteiger charge is -2.27. The van der Waals surface area contributed by atoms with Gasteiger partial charge in [-0.15, -0.1) is 0 Å². The van der Waals surface area contributed by atoms with Gasteiger partial charge in [-0.1, -0.05) is 0 Å². The Kier molecular flexibility index (Phi) is 5.87. The third-order valence-electron chi connectivity index (χ3n) is 3.07. The van der Waals surface area contributed by atoms with Crippen molar-refractivity contribution in [3.05, 3.63) is 0 Å². The van der Waals surface area contributed by atoms with Crippen molar-refractivity contribution in [3.8, 4) is 0 Å². The number of aliphatic carboxylic acids is 1. The first-order valence-electron chi connectivity index (χ1n) is 6.06. The topological polar surface area (TPSA) is 82.1 Å². The van der Waals surface area contributed by atoms with Gasteiger partial charge in [0.25, 0.3) is 0 Å². The first-order chi connectivity index (χ1) is 8.52. The lowest BCUT2D eigenvalue weighted by molar-refractivity contribution is -0.141. The van der Waals surface area contributed by atoms with Gasteiger partial charge in [0.1, 0.15) is 6.04 Å². The maximum atomic E-state index is 11.6. The Bertz CT molecular complexity index is 292. The molecule has 0 saturated carbocycles. The van der Waals surface area contributed by atoms with E-state index in [4.69, 9.17) is 9.84 Å². The Morgan fingerprint density at radius 3 is 2.61 bits per heavy atom. The van der Waals surface area contributed by atoms with E-state index in [-0.39, 0.29) is 6.03 Å². The Hall–Kier alpha value is -1.34. The molecule has 18 heavy (non-hydrogen) atoms. The lowest BCUT2D eigenvalue weighted by Crippen LogP contribution is -2.48. The average molecular weight is 259 g/mol. The molecule has 1 aliphatic heterocycles. The minimum absolute atomic E-state index is 0.363. The van der Waals surface area contributed by atoms with Crippen LogP contribution in [0.5, 0.6) is 0 Å². The van der Waals surface area contributed by atoms with Gasteiger partial charge in [-0.3, -0.25) is 4.90 Å². The van der Waals surface area contributed by atoms with E-state index < -0.39 is 12.0 Å². The highest BCUT2D eigenvalue weighted by atomic mass is 16.5. The third-order valence-corrected chi connectivity index (χ3v) is 3.07. The number of carbonyl (C=O) groups is 2. The summed E-state index contributed by atoms with van der Waals surface area (Å²) in [5.74, 6) is -1.01. The molecule has 1 saturated heterocycles. The Balaban J connectivity index is 2.21. The maximum Gasteiger partial charge on any atom is 0.326 e. The fourth-order valence-electron chi connectivity index (χ4n) is 1.61. The van der Waals surface area contributed by atoms with Crippen LogP contribution in [0.4, 0.5) is 4.79 Å². The molecule has 2 amide bonds. The largest absolute Gasteiger partial charge is 0.480 e. The summed E-state index contributed by atoms with van der Waals surface area (Å²) in [4.78, 5) is 25.7. The predicted molar refractivity (Wildman–Crippen MR) is 65.5 cm³/mol. The van der Waals surface area contributed by atoms with E-state index in [2.05, 4.69) is 10.2 Å². The smallest absolute Gasteiger partial charge is 0.326 e. The molecule has 2 N–H and O–H groups in total. The molecule has 0 aromatic heterocycles. The number of morpholine rings is 1. The van der Waals surface area contributed by atoms with E-state index in [0.717, 1.165) is 32.8 Å². The van der Waals surface area contributed by atoms with E-state index in [9.17, 15) is 9.59 Å². The van der Waals surface area contributed by atoms with Crippen molar-refractivity contribution in [3.63, 3.8) is 0 Å². The number of urea groups is 1. The minimum Gasteiger partial charge on any atom is -0.480 e. The normalized spacial score (nSPS) is 18.1. The molecule has 0 bridgehead atoms. The van der Waals surface area contributed by atoms with Crippen LogP contribution in [0.25, 0.3) is 0 Å². The zero-order valence-corrected chi connectivity index (χ0v) is 10.9. The summed E-state index contributed by atoms with van der Waals surface area (Å²) in [6.45, 7) is 5.94. The molecule has 1 heterocycles. The second-order valence-corrected chi connectivity index (χ2v) is 4.31. The molecule has 1 fully saturated rings. The van der Waals surface area contributed by atoms with Gasteiger partial charge in [-0.2, -0.15) is 0 Å². The Labute approximate surface area is 107 Å². The van der Waals surface area contributed by atoms with E-state index in [0.29, 0.717) is 6.54 Å². The molecule has 0 aromatic carbocycles. The number of ether oxygens (including phenoxy) is 1. The van der Waals surface area contributed by atoms with E-state index in [1.807, 2.05) is 0 Å². The van der Waals surface area contributed by atoms with Gasteiger partial charge < -0.3 is 20.1 Å². The van der Waals surface area contributed by atoms with E-state index in [1.165, 1.54) is 18.9 Å². The molecule has 1 rings (SSSR count). The van der Waals surface area contributed by atoms with Gasteiger partial charge in [0.05, 0.1) is 13.2 Å². The molecule has 104 valence electrons. The number of amides is 2. The van der Waals surface area contributed by atoms with Crippen molar-refractivity contribution < 1.29 is 19.4 Å². The molecular weight excluding hydrogens is 238 g/mol. The standard InChI is InChI=1S/C11H21N3O4/c1-9(10(15)16)13(2)11(17)12-3-4-14-5-7-18-8-6-14/h9H,3-8H2,1-2H3,(H,12,17)(H,15,16). The van der Waals surface area contributed by atoms with Crippen molar-refractivity contribution in [2.75, 3.05) is 46.4 Å². The van der Waals surface area contributed by atoms with Crippen molar-refractivity contribution >= 4 is 12.0 Å². The van der Waals surface area contributed by atoms with Crippen LogP contribution in [-0.2, 0) is 9.53 Å². The van der Waals surface area contributed by atoms with Crippen LogP contribution in [0.3, 0.4) is 0 Å². The van der Waals surface area contributed by atoms with Crippen molar-refractivity contribution in [2.45, 2.75) is 13.0 Å². The monoisotopic (exact) mass is 259 g/mol. The lowest BCUT2D eigenvalue weighted by atomic mass is 10.3. The highest BCUT2D eigenvalue weighted by Gasteiger charge is 2.21. The number of carboxylic acids is 1. The average Bonchev–Trinajstić information content (AvgIpc) is 2.38. The molecule has 7 nitrogen and oxygen atoms in total. The fourth-order valence-corrected chi connectivity index (χ4v) is 1.61. The SMILES string of the molecule is CC(C(=O)O)N(C)C(=O)NCCN1CCOCC1. The summed E-state index contributed by atoms with van der Waals surface area (Å²) in [5, 5.41) is 11.5. The summed E-state index contributed by atoms with van der Waals surface area (Å²) in [5.41, 5.74) is 0. The molecule has 1 aliphatic rings. The van der Waals surface area contributed by atoms with Crippen LogP contribution in [0.2, 0.25) is 0 Å². The van der Waals surface area contributed by atoms with Crippen LogP contribution < -0.4 is 5.32 Å². The Morgan fingerprint density at radius 1 is 1.44 bits per heavy atom. The van der Waals surface area contributed by atoms with Crippen LogP contribution in [0, 0.1) is 0 Å². The number of hydrogen-bond donors (Lipinski definition) is 2. The molecule has 7 heteroatoms. The summed E-state index contributed by atoms with van der Waals surface area (Å²) < 4.78 is 5.22. The van der Waals surface area contributed by atoms with E-state index >= 15 is 0 Å². The molecule has 0 aliphatic carbocycles. The van der Waals surface area contributed by atoms with Crippen LogP contribution in [-0.4, -0.2) is 79.4 Å². The fraction of sp³-hybridized carbons (Fsp3) is 0.818. The number of carboxylic acid groups (broad SMARTS) is 1. The highest BCUT2D eigenvalue weighted by Crippen LogP contribution is 1.97. The van der Waals surface area contributed by atoms with Gasteiger partial charge >= 0.3 is 12.0 Å². The number of rotatable bonds is 5. The number of nitrogens with one attached hydrogen (secondary N) is 1. The van der Waals surface area contributed by atoms with Crippen LogP contribution >= 0.6 is 0 Å². The van der Waals surface area contributed by atoms with Crippen LogP contribution in [0.15, 0.2) is 0 Å². The van der Waals surface area contributed by atoms with Crippen molar-refractivity contribution in [1.29, 1.82) is 0 Å². The third kappa shape index (κ3) is 4.50. The van der Waals surface area contributed by atoms with Crippen molar-refractivity contribution in [2.24, 2.45) is 0 Å². The molecule has 0 radical (unpaired) electrons. The Morgan fingerprint density at radius 2 is 2.06 bits per heavy atom. The first kappa shape index (κ1) is 14.7. The van der Waals surface area contributed by atoms with Crippen molar-refractivity contribution in [1.82, 2.24) is 15.1 Å². The molecule has 0 spiro atoms. The summed E-state index contributed by atoms with van der Waals surface area (Å²) in [6, 6.07) is -1.19. The first-order valence-corrected chi connectivity index (χ1v) is 6.06. The number of hydrogen-bond acceptors (Lipinski definition) is 4. The minimum atomic E-state index is -1.01. The highest BCUT2D eigenvalue weighted by molar-refractivity contribution is 5.82. The van der Waals surface area contributed by atoms with Gasteiger partial charge in [0, 0.05) is 33.2 Å². The molecule has 1 atom stereocenters. The number of nitrogens with zero attached hydrogens (tertiary/aromatic N) is 2. The van der Waals surface area contributed by atoms with E-state index in [1.54, 1.807) is 0 Å². The van der Waals surface area contributed by atoms with Gasteiger partial charge in [-0.25, -0.2) is 9.59 Å². The quantitative estimate of drug-likeness (QED) is 0.691. The molecular formula is C11H21N3O4. The summed E-state index contributed by atoms with van der Waals surface area (Å²) in [6.07, 6.45) is 0. The van der Waals surface area contributed by atoms with Crippen LogP contribution in [0.1, 0.15) is 6.92 Å². The van der Waals surface area contributed by atoms with Gasteiger partial charge in [0.15, 0.2) is 0 Å². The summed E-state index contributed by atoms with van der Waals surface area (Å²) in [7, 11) is 1.48. The number of carbonyl (C=O) groups excluding carboxylic acids is 1. The molecule has 1 unspecified atom stereocenters. The maximum absolute atomic E-state index is 11.6. The zero-order valence-electron chi connectivity index (χ0n) is 10.9. The predicted octanol–water partition coefficient (Wildman–Crippen LogP) is -0.567. The number of likely N-dealkylation sites (N-methyl/N-ethyl adjacent to an activating group) is 1. The second kappa shape index (κ2) is 7.17. The summed E-state index contributed by atoms with van der Waals surface area (Å²) >= 11 is 0.